The van der Waals surface area contributed by atoms with Gasteiger partial charge in [0.25, 0.3) is 5.91 Å². The molecule has 0 radical (unpaired) electrons. The van der Waals surface area contributed by atoms with Gasteiger partial charge in [0, 0.05) is 43.2 Å². The summed E-state index contributed by atoms with van der Waals surface area (Å²) in [6.45, 7) is 10.0. The van der Waals surface area contributed by atoms with Crippen molar-refractivity contribution in [2.75, 3.05) is 20.1 Å². The molecule has 5 rings (SSSR count). The van der Waals surface area contributed by atoms with Crippen LogP contribution < -0.4 is 5.32 Å². The fourth-order valence-corrected chi connectivity index (χ4v) is 5.02. The molecule has 1 atom stereocenters. The van der Waals surface area contributed by atoms with Gasteiger partial charge in [0.2, 0.25) is 5.69 Å². The average Bonchev–Trinajstić information content (AvgIpc) is 3.39. The van der Waals surface area contributed by atoms with E-state index < -0.39 is 11.6 Å². The summed E-state index contributed by atoms with van der Waals surface area (Å²) >= 11 is 6.37. The van der Waals surface area contributed by atoms with E-state index in [1.165, 1.54) is 22.9 Å². The number of fused-ring (bicyclic) bond motifs is 1. The Labute approximate surface area is 217 Å². The van der Waals surface area contributed by atoms with Crippen molar-refractivity contribution in [2.45, 2.75) is 25.8 Å². The number of rotatable bonds is 4. The molecule has 2 aromatic carbocycles. The van der Waals surface area contributed by atoms with Crippen LogP contribution in [0.5, 0.6) is 0 Å². The fraction of sp³-hybridized carbons (Fsp3) is 0.308. The third-order valence-electron chi connectivity index (χ3n) is 6.82. The lowest BCUT2D eigenvalue weighted by atomic mass is 10.1. The Hall–Kier alpha value is -3.81. The van der Waals surface area contributed by atoms with Gasteiger partial charge in [-0.25, -0.2) is 18.6 Å². The number of carbonyl (C=O) groups excluding carboxylic acids is 1. The number of benzene rings is 2. The molecule has 1 saturated heterocycles. The second-order valence-electron chi connectivity index (χ2n) is 9.10. The highest BCUT2D eigenvalue weighted by atomic mass is 35.5. The standard InChI is InChI=1S/C26H24ClF2N7O/c1-14-22(26(37)35-9-5-6-16(13-35)30-2)32-25(15-7-8-21(31-3)19(28)10-15)36(14)17-11-18-23(20(29)12-17)33-34(4)24(18)27/h7-8,10-12,16,30H,5-6,9,13H2,1-2,4H3/t16-/m1/s1. The van der Waals surface area contributed by atoms with Gasteiger partial charge in [-0.05, 0) is 38.9 Å². The zero-order valence-corrected chi connectivity index (χ0v) is 21.3. The molecule has 8 nitrogen and oxygen atoms in total. The third kappa shape index (κ3) is 4.24. The summed E-state index contributed by atoms with van der Waals surface area (Å²) in [6, 6.07) is 7.26. The Balaban J connectivity index is 1.71. The van der Waals surface area contributed by atoms with Crippen LogP contribution >= 0.6 is 11.6 Å². The van der Waals surface area contributed by atoms with Crippen LogP contribution in [-0.2, 0) is 7.05 Å². The summed E-state index contributed by atoms with van der Waals surface area (Å²) in [5, 5.41) is 8.01. The van der Waals surface area contributed by atoms with Gasteiger partial charge in [0.15, 0.2) is 5.82 Å². The Morgan fingerprint density at radius 1 is 1.24 bits per heavy atom. The Morgan fingerprint density at radius 2 is 2.03 bits per heavy atom. The van der Waals surface area contributed by atoms with Crippen LogP contribution in [0, 0.1) is 25.1 Å². The molecule has 0 bridgehead atoms. The molecule has 11 heteroatoms. The number of halogens is 3. The van der Waals surface area contributed by atoms with Gasteiger partial charge in [0.05, 0.1) is 18.0 Å². The SMILES string of the molecule is [C-]#[N+]c1ccc(-c2nc(C(=O)N3CCC[C@@H](NC)C3)c(C)n2-c2cc(F)c3nn(C)c(Cl)c3c2)cc1F. The van der Waals surface area contributed by atoms with Gasteiger partial charge in [-0.3, -0.25) is 14.0 Å². The van der Waals surface area contributed by atoms with E-state index in [1.54, 1.807) is 35.6 Å². The average molecular weight is 524 g/mol. The van der Waals surface area contributed by atoms with Crippen molar-refractivity contribution >= 4 is 34.1 Å². The van der Waals surface area contributed by atoms with Crippen molar-refractivity contribution < 1.29 is 13.6 Å². The minimum absolute atomic E-state index is 0.116. The number of nitrogens with zero attached hydrogens (tertiary/aromatic N) is 6. The van der Waals surface area contributed by atoms with Gasteiger partial charge in [-0.15, -0.1) is 0 Å². The number of aromatic nitrogens is 4. The monoisotopic (exact) mass is 523 g/mol. The van der Waals surface area contributed by atoms with E-state index in [-0.39, 0.29) is 39.8 Å². The molecule has 1 N–H and O–H groups in total. The summed E-state index contributed by atoms with van der Waals surface area (Å²) in [6.07, 6.45) is 1.82. The normalized spacial score (nSPS) is 15.8. The maximum absolute atomic E-state index is 15.1. The van der Waals surface area contributed by atoms with E-state index in [1.807, 2.05) is 7.05 Å². The van der Waals surface area contributed by atoms with E-state index in [9.17, 15) is 9.18 Å². The number of likely N-dealkylation sites (tertiary alicyclic amines) is 1. The van der Waals surface area contributed by atoms with E-state index in [0.717, 1.165) is 12.8 Å². The number of hydrogen-bond acceptors (Lipinski definition) is 4. The largest absolute Gasteiger partial charge is 0.336 e. The number of carbonyl (C=O) groups is 1. The zero-order chi connectivity index (χ0) is 26.4. The molecule has 0 spiro atoms. The number of hydrogen-bond donors (Lipinski definition) is 1. The van der Waals surface area contributed by atoms with Crippen LogP contribution in [0.3, 0.4) is 0 Å². The number of likely N-dealkylation sites (N-methyl/N-ethyl adjacent to an activating group) is 1. The predicted octanol–water partition coefficient (Wildman–Crippen LogP) is 5.04. The summed E-state index contributed by atoms with van der Waals surface area (Å²) < 4.78 is 32.8. The predicted molar refractivity (Wildman–Crippen MR) is 137 cm³/mol. The van der Waals surface area contributed by atoms with E-state index >= 15 is 4.39 Å². The second kappa shape index (κ2) is 9.57. The molecule has 3 heterocycles. The van der Waals surface area contributed by atoms with Gasteiger partial charge >= 0.3 is 0 Å². The maximum Gasteiger partial charge on any atom is 0.274 e. The van der Waals surface area contributed by atoms with Crippen LogP contribution in [0.2, 0.25) is 5.15 Å². The molecule has 0 unspecified atom stereocenters. The molecule has 1 aliphatic rings. The molecular formula is C26H24ClF2N7O. The highest BCUT2D eigenvalue weighted by molar-refractivity contribution is 6.34. The van der Waals surface area contributed by atoms with E-state index in [4.69, 9.17) is 18.2 Å². The van der Waals surface area contributed by atoms with Crippen molar-refractivity contribution in [3.8, 4) is 17.1 Å². The van der Waals surface area contributed by atoms with Crippen LogP contribution in [-0.4, -0.2) is 56.3 Å². The van der Waals surface area contributed by atoms with Gasteiger partial charge in [-0.2, -0.15) is 5.10 Å². The topological polar surface area (TPSA) is 72.3 Å². The molecule has 37 heavy (non-hydrogen) atoms. The second-order valence-corrected chi connectivity index (χ2v) is 9.46. The number of nitrogens with one attached hydrogen (secondary N) is 1. The molecule has 0 saturated carbocycles. The highest BCUT2D eigenvalue weighted by Crippen LogP contribution is 2.34. The van der Waals surface area contributed by atoms with E-state index in [2.05, 4.69) is 20.2 Å². The van der Waals surface area contributed by atoms with Crippen LogP contribution in [0.1, 0.15) is 29.0 Å². The van der Waals surface area contributed by atoms with Crippen LogP contribution in [0.25, 0.3) is 32.8 Å². The quantitative estimate of drug-likeness (QED) is 0.380. The van der Waals surface area contributed by atoms with Crippen molar-refractivity contribution in [3.63, 3.8) is 0 Å². The Bertz CT molecular complexity index is 1590. The number of imidazole rings is 1. The molecule has 1 fully saturated rings. The third-order valence-corrected chi connectivity index (χ3v) is 7.26. The molecule has 1 aliphatic heterocycles. The lowest BCUT2D eigenvalue weighted by Crippen LogP contribution is -2.47. The van der Waals surface area contributed by atoms with Crippen molar-refractivity contribution in [1.29, 1.82) is 0 Å². The summed E-state index contributed by atoms with van der Waals surface area (Å²) in [7, 11) is 3.48. The Kier molecular flexibility index (Phi) is 6.43. The number of aryl methyl sites for hydroxylation is 1. The molecule has 190 valence electrons. The number of amides is 1. The summed E-state index contributed by atoms with van der Waals surface area (Å²) in [5.41, 5.74) is 1.36. The summed E-state index contributed by atoms with van der Waals surface area (Å²) in [5.74, 6) is -1.31. The first-order valence-corrected chi connectivity index (χ1v) is 12.2. The van der Waals surface area contributed by atoms with Crippen LogP contribution in [0.4, 0.5) is 14.5 Å². The lowest BCUT2D eigenvalue weighted by Gasteiger charge is -2.32. The van der Waals surface area contributed by atoms with Crippen molar-refractivity contribution in [1.82, 2.24) is 29.5 Å². The smallest absolute Gasteiger partial charge is 0.274 e. The first kappa shape index (κ1) is 24.9. The molecular weight excluding hydrogens is 500 g/mol. The van der Waals surface area contributed by atoms with Crippen molar-refractivity contribution in [2.24, 2.45) is 7.05 Å². The minimum Gasteiger partial charge on any atom is -0.336 e. The molecule has 0 aliphatic carbocycles. The van der Waals surface area contributed by atoms with Gasteiger partial charge < -0.3 is 10.2 Å². The molecule has 2 aromatic heterocycles. The first-order valence-electron chi connectivity index (χ1n) is 11.8. The van der Waals surface area contributed by atoms with Gasteiger partial charge in [-0.1, -0.05) is 23.7 Å². The highest BCUT2D eigenvalue weighted by Gasteiger charge is 2.29. The van der Waals surface area contributed by atoms with Gasteiger partial charge in [0.1, 0.15) is 28.0 Å². The molecule has 4 aromatic rings. The molecule has 1 amide bonds. The zero-order valence-electron chi connectivity index (χ0n) is 20.5. The Morgan fingerprint density at radius 3 is 2.73 bits per heavy atom. The maximum atomic E-state index is 15.1. The number of piperidine rings is 1. The van der Waals surface area contributed by atoms with Crippen LogP contribution in [0.15, 0.2) is 30.3 Å². The van der Waals surface area contributed by atoms with Crippen molar-refractivity contribution in [3.05, 3.63) is 69.9 Å². The first-order chi connectivity index (χ1) is 17.7. The van der Waals surface area contributed by atoms with E-state index in [0.29, 0.717) is 35.4 Å². The fourth-order valence-electron chi connectivity index (χ4n) is 4.84. The minimum atomic E-state index is -0.711. The summed E-state index contributed by atoms with van der Waals surface area (Å²) in [4.78, 5) is 23.2. The lowest BCUT2D eigenvalue weighted by molar-refractivity contribution is 0.0692.